The van der Waals surface area contributed by atoms with Crippen molar-refractivity contribution in [1.82, 2.24) is 4.57 Å². The van der Waals surface area contributed by atoms with E-state index in [-0.39, 0.29) is 0 Å². The van der Waals surface area contributed by atoms with E-state index in [1.165, 1.54) is 83.1 Å². The van der Waals surface area contributed by atoms with Gasteiger partial charge in [-0.3, -0.25) is 0 Å². The van der Waals surface area contributed by atoms with Crippen molar-refractivity contribution in [2.24, 2.45) is 0 Å². The number of hydrogen-bond acceptors (Lipinski definition) is 1. The van der Waals surface area contributed by atoms with Crippen LogP contribution in [0.2, 0.25) is 0 Å². The smallest absolute Gasteiger partial charge is 0.0541 e. The molecule has 2 nitrogen and oxygen atoms in total. The number of nitrogens with zero attached hydrogens (tertiary/aromatic N) is 2. The predicted octanol–water partition coefficient (Wildman–Crippen LogP) is 16.6. The molecule has 0 amide bonds. The van der Waals surface area contributed by atoms with E-state index >= 15 is 0 Å². The number of hydrogen-bond donors (Lipinski definition) is 0. The molecule has 1 heterocycles. The molecule has 11 aromatic rings. The van der Waals surface area contributed by atoms with Gasteiger partial charge >= 0.3 is 0 Å². The lowest BCUT2D eigenvalue weighted by Gasteiger charge is -2.26. The van der Waals surface area contributed by atoms with Crippen molar-refractivity contribution >= 4 is 38.9 Å². The number of anilines is 3. The van der Waals surface area contributed by atoms with E-state index in [0.29, 0.717) is 0 Å². The van der Waals surface area contributed by atoms with Crippen LogP contribution in [0.1, 0.15) is 0 Å². The summed E-state index contributed by atoms with van der Waals surface area (Å²) in [5.74, 6) is 0. The molecule has 292 valence electrons. The molecular formula is C60H42N2. The van der Waals surface area contributed by atoms with Crippen molar-refractivity contribution in [3.05, 3.63) is 255 Å². The lowest BCUT2D eigenvalue weighted by molar-refractivity contribution is 1.18. The molecule has 0 saturated heterocycles. The number of para-hydroxylation sites is 3. The van der Waals surface area contributed by atoms with Gasteiger partial charge < -0.3 is 9.47 Å². The number of rotatable bonds is 9. The van der Waals surface area contributed by atoms with Crippen LogP contribution in [-0.4, -0.2) is 4.57 Å². The lowest BCUT2D eigenvalue weighted by atomic mass is 9.92. The molecule has 0 bridgehead atoms. The Bertz CT molecular complexity index is 3160. The Kier molecular flexibility index (Phi) is 9.57. The third kappa shape index (κ3) is 6.84. The minimum absolute atomic E-state index is 1.10. The highest BCUT2D eigenvalue weighted by molar-refractivity contribution is 6.10. The minimum Gasteiger partial charge on any atom is -0.311 e. The minimum atomic E-state index is 1.10. The molecule has 0 spiro atoms. The van der Waals surface area contributed by atoms with Crippen molar-refractivity contribution in [2.45, 2.75) is 0 Å². The summed E-state index contributed by atoms with van der Waals surface area (Å²) in [6, 6.07) is 91.9. The standard InChI is InChI=1S/C60H42N2/c1-3-15-43(16-4-1)46-31-37-50(38-32-46)61(51-39-33-47(34-40-51)44-17-5-2-6-18-44)52-41-35-48(36-42-52)45-27-29-49(30-28-45)53-19-7-8-20-54(53)55-21-9-12-24-58(55)62-59-25-13-10-22-56(59)57-23-11-14-26-60(57)62/h1-42H. The summed E-state index contributed by atoms with van der Waals surface area (Å²) >= 11 is 0. The van der Waals surface area contributed by atoms with E-state index in [1.54, 1.807) is 0 Å². The van der Waals surface area contributed by atoms with Gasteiger partial charge in [-0.15, -0.1) is 0 Å². The van der Waals surface area contributed by atoms with E-state index in [4.69, 9.17) is 0 Å². The molecule has 62 heavy (non-hydrogen) atoms. The van der Waals surface area contributed by atoms with E-state index in [2.05, 4.69) is 264 Å². The second-order valence-corrected chi connectivity index (χ2v) is 15.7. The Morgan fingerprint density at radius 2 is 0.548 bits per heavy atom. The molecule has 0 N–H and O–H groups in total. The van der Waals surface area contributed by atoms with Gasteiger partial charge in [0.25, 0.3) is 0 Å². The summed E-state index contributed by atoms with van der Waals surface area (Å²) in [7, 11) is 0. The zero-order valence-corrected chi connectivity index (χ0v) is 34.1. The molecular weight excluding hydrogens is 749 g/mol. The highest BCUT2D eigenvalue weighted by Gasteiger charge is 2.18. The molecule has 0 aliphatic rings. The molecule has 0 atom stereocenters. The summed E-state index contributed by atoms with van der Waals surface area (Å²) in [5.41, 5.74) is 18.8. The fourth-order valence-electron chi connectivity index (χ4n) is 9.01. The van der Waals surface area contributed by atoms with Gasteiger partial charge in [-0.05, 0) is 105 Å². The van der Waals surface area contributed by atoms with E-state index in [0.717, 1.165) is 17.1 Å². The molecule has 0 fully saturated rings. The zero-order chi connectivity index (χ0) is 41.2. The van der Waals surface area contributed by atoms with Crippen LogP contribution in [0.3, 0.4) is 0 Å². The van der Waals surface area contributed by atoms with Crippen molar-refractivity contribution in [2.75, 3.05) is 4.90 Å². The number of aromatic nitrogens is 1. The molecule has 1 aromatic heterocycles. The quantitative estimate of drug-likeness (QED) is 0.141. The van der Waals surface area contributed by atoms with Gasteiger partial charge in [-0.25, -0.2) is 0 Å². The maximum Gasteiger partial charge on any atom is 0.0541 e. The van der Waals surface area contributed by atoms with Gasteiger partial charge in [0, 0.05) is 33.4 Å². The second-order valence-electron chi connectivity index (χ2n) is 15.7. The van der Waals surface area contributed by atoms with Crippen LogP contribution in [0.15, 0.2) is 255 Å². The highest BCUT2D eigenvalue weighted by Crippen LogP contribution is 2.41. The van der Waals surface area contributed by atoms with Crippen molar-refractivity contribution in [3.63, 3.8) is 0 Å². The average Bonchev–Trinajstić information content (AvgIpc) is 3.69. The van der Waals surface area contributed by atoms with Gasteiger partial charge in [0.05, 0.1) is 16.7 Å². The van der Waals surface area contributed by atoms with Crippen LogP contribution < -0.4 is 4.90 Å². The Labute approximate surface area is 362 Å². The maximum absolute atomic E-state index is 2.42. The van der Waals surface area contributed by atoms with Crippen molar-refractivity contribution in [3.8, 4) is 61.3 Å². The molecule has 0 aliphatic carbocycles. The first-order chi connectivity index (χ1) is 30.8. The molecule has 0 radical (unpaired) electrons. The van der Waals surface area contributed by atoms with Gasteiger partial charge in [-0.2, -0.15) is 0 Å². The molecule has 11 rings (SSSR count). The summed E-state index contributed by atoms with van der Waals surface area (Å²) in [4.78, 5) is 2.34. The van der Waals surface area contributed by atoms with Crippen LogP contribution in [-0.2, 0) is 0 Å². The van der Waals surface area contributed by atoms with Crippen LogP contribution >= 0.6 is 0 Å². The fourth-order valence-corrected chi connectivity index (χ4v) is 9.01. The third-order valence-electron chi connectivity index (χ3n) is 12.1. The Balaban J connectivity index is 0.919. The zero-order valence-electron chi connectivity index (χ0n) is 34.1. The first-order valence-corrected chi connectivity index (χ1v) is 21.3. The monoisotopic (exact) mass is 790 g/mol. The summed E-state index contributed by atoms with van der Waals surface area (Å²) < 4.78 is 2.42. The van der Waals surface area contributed by atoms with Crippen LogP contribution in [0.4, 0.5) is 17.1 Å². The lowest BCUT2D eigenvalue weighted by Crippen LogP contribution is -2.09. The first-order valence-electron chi connectivity index (χ1n) is 21.3. The Morgan fingerprint density at radius 1 is 0.226 bits per heavy atom. The van der Waals surface area contributed by atoms with Crippen LogP contribution in [0, 0.1) is 0 Å². The average molecular weight is 791 g/mol. The number of fused-ring (bicyclic) bond motifs is 3. The van der Waals surface area contributed by atoms with E-state index in [9.17, 15) is 0 Å². The Hall–Kier alpha value is -8.20. The molecule has 0 saturated carbocycles. The highest BCUT2D eigenvalue weighted by atomic mass is 15.1. The topological polar surface area (TPSA) is 8.17 Å². The van der Waals surface area contributed by atoms with E-state index in [1.807, 2.05) is 0 Å². The van der Waals surface area contributed by atoms with Gasteiger partial charge in [0.2, 0.25) is 0 Å². The summed E-state index contributed by atoms with van der Waals surface area (Å²) in [5, 5.41) is 2.52. The SMILES string of the molecule is c1ccc(-c2ccc(N(c3ccc(-c4ccccc4)cc3)c3ccc(-c4ccc(-c5ccccc5-c5ccccc5-n5c6ccccc6c6ccccc65)cc4)cc3)cc2)cc1. The summed E-state index contributed by atoms with van der Waals surface area (Å²) in [6.07, 6.45) is 0. The maximum atomic E-state index is 2.42. The summed E-state index contributed by atoms with van der Waals surface area (Å²) in [6.45, 7) is 0. The molecule has 0 aliphatic heterocycles. The largest absolute Gasteiger partial charge is 0.311 e. The third-order valence-corrected chi connectivity index (χ3v) is 12.1. The van der Waals surface area contributed by atoms with Gasteiger partial charge in [0.1, 0.15) is 0 Å². The van der Waals surface area contributed by atoms with Crippen LogP contribution in [0.25, 0.3) is 83.1 Å². The second kappa shape index (κ2) is 16.1. The van der Waals surface area contributed by atoms with E-state index < -0.39 is 0 Å². The Morgan fingerprint density at radius 3 is 1.02 bits per heavy atom. The fraction of sp³-hybridized carbons (Fsp3) is 0. The van der Waals surface area contributed by atoms with Gasteiger partial charge in [-0.1, -0.05) is 200 Å². The molecule has 10 aromatic carbocycles. The predicted molar refractivity (Wildman–Crippen MR) is 263 cm³/mol. The normalized spacial score (nSPS) is 11.2. The van der Waals surface area contributed by atoms with Gasteiger partial charge in [0.15, 0.2) is 0 Å². The molecule has 0 unspecified atom stereocenters. The molecule has 2 heteroatoms. The van der Waals surface area contributed by atoms with Crippen molar-refractivity contribution < 1.29 is 0 Å². The van der Waals surface area contributed by atoms with Crippen LogP contribution in [0.5, 0.6) is 0 Å². The number of benzene rings is 10. The van der Waals surface area contributed by atoms with Crippen molar-refractivity contribution in [1.29, 1.82) is 0 Å². The first kappa shape index (κ1) is 36.8.